The Hall–Kier alpha value is -2.22. The van der Waals surface area contributed by atoms with Crippen LogP contribution in [0.5, 0.6) is 0 Å². The molecule has 3 heterocycles. The Bertz CT molecular complexity index is 925. The molecule has 128 valence electrons. The summed E-state index contributed by atoms with van der Waals surface area (Å²) in [6.07, 6.45) is -0.190. The summed E-state index contributed by atoms with van der Waals surface area (Å²) in [5.74, 6) is -0.580. The molecule has 0 saturated heterocycles. The molecule has 0 fully saturated rings. The molecule has 0 spiro atoms. The highest BCUT2D eigenvalue weighted by atomic mass is 35.5. The topological polar surface area (TPSA) is 59.0 Å². The van der Waals surface area contributed by atoms with Crippen molar-refractivity contribution in [3.8, 4) is 10.6 Å². The first-order valence-corrected chi connectivity index (χ1v) is 8.96. The molecule has 0 saturated carbocycles. The first-order chi connectivity index (χ1) is 12.1. The third-order valence-corrected chi connectivity index (χ3v) is 5.20. The molecule has 1 aliphatic heterocycles. The standard InChI is InChI=1S/C17H14ClFN4OS/c18-11-6-10(3-4-12(11)19)8-20-16-9-21-17(24)14-7-13(22-23(14)16)15-2-1-5-25-15/h1-7,16,20H,8-9H2,(H,21,24)/t16-/m0/s1. The van der Waals surface area contributed by atoms with Crippen LogP contribution in [0, 0.1) is 5.82 Å². The van der Waals surface area contributed by atoms with E-state index < -0.39 is 5.82 Å². The summed E-state index contributed by atoms with van der Waals surface area (Å²) in [7, 11) is 0. The Balaban J connectivity index is 1.57. The Labute approximate surface area is 152 Å². The van der Waals surface area contributed by atoms with E-state index in [2.05, 4.69) is 15.7 Å². The van der Waals surface area contributed by atoms with Crippen LogP contribution in [0.25, 0.3) is 10.6 Å². The van der Waals surface area contributed by atoms with Crippen molar-refractivity contribution >= 4 is 28.8 Å². The van der Waals surface area contributed by atoms with Gasteiger partial charge >= 0.3 is 0 Å². The van der Waals surface area contributed by atoms with Crippen LogP contribution in [-0.2, 0) is 6.54 Å². The van der Waals surface area contributed by atoms with Crippen molar-refractivity contribution < 1.29 is 9.18 Å². The number of hydrogen-bond acceptors (Lipinski definition) is 4. The number of hydrogen-bond donors (Lipinski definition) is 2. The minimum Gasteiger partial charge on any atom is -0.347 e. The van der Waals surface area contributed by atoms with E-state index in [0.29, 0.717) is 18.8 Å². The molecule has 8 heteroatoms. The van der Waals surface area contributed by atoms with Crippen LogP contribution in [0.1, 0.15) is 22.2 Å². The Kier molecular flexibility index (Phi) is 4.29. The van der Waals surface area contributed by atoms with Gasteiger partial charge in [0.2, 0.25) is 0 Å². The van der Waals surface area contributed by atoms with Crippen LogP contribution >= 0.6 is 22.9 Å². The summed E-state index contributed by atoms with van der Waals surface area (Å²) < 4.78 is 15.0. The second kappa shape index (κ2) is 6.59. The van der Waals surface area contributed by atoms with Gasteiger partial charge in [0, 0.05) is 6.54 Å². The lowest BCUT2D eigenvalue weighted by Crippen LogP contribution is -2.45. The molecule has 25 heavy (non-hydrogen) atoms. The van der Waals surface area contributed by atoms with Gasteiger partial charge in [-0.1, -0.05) is 23.7 Å². The third kappa shape index (κ3) is 3.18. The average molecular weight is 377 g/mol. The van der Waals surface area contributed by atoms with E-state index in [4.69, 9.17) is 11.6 Å². The minimum atomic E-state index is -0.440. The first-order valence-electron chi connectivity index (χ1n) is 7.71. The number of nitrogens with one attached hydrogen (secondary N) is 2. The predicted molar refractivity (Wildman–Crippen MR) is 95.2 cm³/mol. The highest BCUT2D eigenvalue weighted by Crippen LogP contribution is 2.26. The van der Waals surface area contributed by atoms with Gasteiger partial charge in [0.25, 0.3) is 5.91 Å². The smallest absolute Gasteiger partial charge is 0.269 e. The van der Waals surface area contributed by atoms with E-state index in [1.807, 2.05) is 17.5 Å². The van der Waals surface area contributed by atoms with E-state index in [9.17, 15) is 9.18 Å². The maximum Gasteiger partial charge on any atom is 0.269 e. The molecular formula is C17H14ClFN4OS. The molecule has 1 amide bonds. The Morgan fingerprint density at radius 2 is 2.28 bits per heavy atom. The molecule has 0 aliphatic carbocycles. The van der Waals surface area contributed by atoms with E-state index in [-0.39, 0.29) is 17.1 Å². The molecule has 0 unspecified atom stereocenters. The minimum absolute atomic E-state index is 0.0935. The number of rotatable bonds is 4. The zero-order chi connectivity index (χ0) is 17.4. The van der Waals surface area contributed by atoms with Crippen molar-refractivity contribution in [2.24, 2.45) is 0 Å². The highest BCUT2D eigenvalue weighted by Gasteiger charge is 2.27. The van der Waals surface area contributed by atoms with Crippen LogP contribution in [-0.4, -0.2) is 22.2 Å². The molecule has 4 rings (SSSR count). The van der Waals surface area contributed by atoms with Crippen LogP contribution in [0.4, 0.5) is 4.39 Å². The zero-order valence-corrected chi connectivity index (χ0v) is 14.6. The number of aromatic nitrogens is 2. The fourth-order valence-corrected chi connectivity index (χ4v) is 3.64. The lowest BCUT2D eigenvalue weighted by atomic mass is 10.2. The van der Waals surface area contributed by atoms with E-state index in [1.54, 1.807) is 34.2 Å². The monoisotopic (exact) mass is 376 g/mol. The van der Waals surface area contributed by atoms with Crippen LogP contribution in [0.2, 0.25) is 5.02 Å². The number of nitrogens with zero attached hydrogens (tertiary/aromatic N) is 2. The number of amides is 1. The fraction of sp³-hybridized carbons (Fsp3) is 0.176. The van der Waals surface area contributed by atoms with Gasteiger partial charge in [-0.15, -0.1) is 11.3 Å². The van der Waals surface area contributed by atoms with Crippen molar-refractivity contribution in [3.63, 3.8) is 0 Å². The predicted octanol–water partition coefficient (Wildman–Crippen LogP) is 3.44. The van der Waals surface area contributed by atoms with E-state index in [0.717, 1.165) is 16.1 Å². The van der Waals surface area contributed by atoms with Crippen molar-refractivity contribution in [2.75, 3.05) is 6.54 Å². The van der Waals surface area contributed by atoms with Crippen LogP contribution in [0.15, 0.2) is 41.8 Å². The third-order valence-electron chi connectivity index (χ3n) is 4.02. The van der Waals surface area contributed by atoms with Gasteiger partial charge in [-0.3, -0.25) is 10.1 Å². The van der Waals surface area contributed by atoms with Gasteiger partial charge in [0.15, 0.2) is 0 Å². The molecule has 2 N–H and O–H groups in total. The van der Waals surface area contributed by atoms with Gasteiger partial charge in [-0.05, 0) is 35.2 Å². The lowest BCUT2D eigenvalue weighted by Gasteiger charge is -2.25. The Morgan fingerprint density at radius 3 is 3.04 bits per heavy atom. The second-order valence-corrected chi connectivity index (χ2v) is 7.05. The Morgan fingerprint density at radius 1 is 1.40 bits per heavy atom. The summed E-state index contributed by atoms with van der Waals surface area (Å²) in [6.45, 7) is 0.903. The molecule has 1 aromatic carbocycles. The molecule has 0 bridgehead atoms. The van der Waals surface area contributed by atoms with Crippen LogP contribution in [0.3, 0.4) is 0 Å². The summed E-state index contributed by atoms with van der Waals surface area (Å²) in [6, 6.07) is 10.3. The average Bonchev–Trinajstić information content (AvgIpc) is 3.26. The lowest BCUT2D eigenvalue weighted by molar-refractivity contribution is 0.0900. The normalized spacial score (nSPS) is 16.6. The SMILES string of the molecule is O=C1NC[C@@H](NCc2ccc(F)c(Cl)c2)n2nc(-c3cccs3)cc21. The molecule has 1 aliphatic rings. The van der Waals surface area contributed by atoms with Gasteiger partial charge in [0.1, 0.15) is 23.4 Å². The fourth-order valence-electron chi connectivity index (χ4n) is 2.76. The van der Waals surface area contributed by atoms with Gasteiger partial charge in [-0.25, -0.2) is 9.07 Å². The van der Waals surface area contributed by atoms with Crippen molar-refractivity contribution in [1.29, 1.82) is 0 Å². The highest BCUT2D eigenvalue weighted by molar-refractivity contribution is 7.13. The number of benzene rings is 1. The largest absolute Gasteiger partial charge is 0.347 e. The van der Waals surface area contributed by atoms with E-state index >= 15 is 0 Å². The van der Waals surface area contributed by atoms with Crippen LogP contribution < -0.4 is 10.6 Å². The number of halogens is 2. The number of carbonyl (C=O) groups is 1. The van der Waals surface area contributed by atoms with Crippen molar-refractivity contribution in [1.82, 2.24) is 20.4 Å². The van der Waals surface area contributed by atoms with Crippen molar-refractivity contribution in [3.05, 3.63) is 63.9 Å². The molecule has 3 aromatic rings. The maximum absolute atomic E-state index is 13.3. The number of fused-ring (bicyclic) bond motifs is 1. The van der Waals surface area contributed by atoms with E-state index in [1.165, 1.54) is 6.07 Å². The summed E-state index contributed by atoms with van der Waals surface area (Å²) in [5.41, 5.74) is 2.15. The van der Waals surface area contributed by atoms with Gasteiger partial charge in [0.05, 0.1) is 16.4 Å². The molecule has 5 nitrogen and oxygen atoms in total. The first kappa shape index (κ1) is 16.3. The number of carbonyl (C=O) groups excluding carboxylic acids is 1. The van der Waals surface area contributed by atoms with Crippen molar-refractivity contribution in [2.45, 2.75) is 12.7 Å². The quantitative estimate of drug-likeness (QED) is 0.733. The summed E-state index contributed by atoms with van der Waals surface area (Å²) in [4.78, 5) is 13.1. The summed E-state index contributed by atoms with van der Waals surface area (Å²) in [5, 5.41) is 12.8. The second-order valence-electron chi connectivity index (χ2n) is 5.69. The molecule has 1 atom stereocenters. The maximum atomic E-state index is 13.3. The molecule has 2 aromatic heterocycles. The zero-order valence-electron chi connectivity index (χ0n) is 13.0. The molecule has 0 radical (unpaired) electrons. The molecular weight excluding hydrogens is 363 g/mol. The number of thiophene rings is 1. The van der Waals surface area contributed by atoms with Gasteiger partial charge in [-0.2, -0.15) is 5.10 Å². The van der Waals surface area contributed by atoms with Gasteiger partial charge < -0.3 is 5.32 Å². The summed E-state index contributed by atoms with van der Waals surface area (Å²) >= 11 is 7.40.